The molecule has 0 bridgehead atoms. The normalized spacial score (nSPS) is 12.8. The first-order valence-electron chi connectivity index (χ1n) is 22.0. The van der Waals surface area contributed by atoms with Gasteiger partial charge in [0, 0.05) is 50.2 Å². The Morgan fingerprint density at radius 1 is 0.406 bits per heavy atom. The highest BCUT2D eigenvalue weighted by Gasteiger charge is 2.45. The second-order valence-electron chi connectivity index (χ2n) is 16.8. The van der Waals surface area contributed by atoms with Crippen LogP contribution in [-0.4, -0.2) is 4.57 Å². The number of nitrogens with zero attached hydrogens (tertiary/aromatic N) is 2. The third kappa shape index (κ3) is 5.22. The molecule has 13 rings (SSSR count). The van der Waals surface area contributed by atoms with E-state index in [4.69, 9.17) is 4.42 Å². The molecule has 64 heavy (non-hydrogen) atoms. The predicted molar refractivity (Wildman–Crippen MR) is 265 cm³/mol. The quantitative estimate of drug-likeness (QED) is 0.160. The lowest BCUT2D eigenvalue weighted by atomic mass is 9.68. The van der Waals surface area contributed by atoms with Crippen LogP contribution in [-0.2, 0) is 5.41 Å². The summed E-state index contributed by atoms with van der Waals surface area (Å²) in [4.78, 5) is 2.43. The Labute approximate surface area is 371 Å². The van der Waals surface area contributed by atoms with Crippen LogP contribution in [0.3, 0.4) is 0 Å². The molecule has 0 atom stereocenters. The maximum Gasteiger partial charge on any atom is 0.138 e. The molecule has 12 aromatic rings. The van der Waals surface area contributed by atoms with Crippen molar-refractivity contribution in [1.29, 1.82) is 0 Å². The van der Waals surface area contributed by atoms with Gasteiger partial charge in [0.15, 0.2) is 0 Å². The Kier molecular flexibility index (Phi) is 8.13. The first-order valence-corrected chi connectivity index (χ1v) is 22.0. The molecule has 0 radical (unpaired) electrons. The van der Waals surface area contributed by atoms with Crippen LogP contribution >= 0.6 is 0 Å². The van der Waals surface area contributed by atoms with Gasteiger partial charge in [0.25, 0.3) is 0 Å². The van der Waals surface area contributed by atoms with Crippen molar-refractivity contribution in [2.45, 2.75) is 5.41 Å². The maximum absolute atomic E-state index is 6.74. The zero-order valence-corrected chi connectivity index (χ0v) is 34.9. The number of furan rings is 1. The summed E-state index contributed by atoms with van der Waals surface area (Å²) in [5.74, 6) is 0. The molecule has 300 valence electrons. The first kappa shape index (κ1) is 36.3. The zero-order valence-electron chi connectivity index (χ0n) is 34.9. The van der Waals surface area contributed by atoms with E-state index in [2.05, 4.69) is 252 Å². The molecule has 2 aromatic heterocycles. The average Bonchev–Trinajstić information content (AvgIpc) is 4.01. The van der Waals surface area contributed by atoms with Crippen molar-refractivity contribution in [2.75, 3.05) is 4.90 Å². The van der Waals surface area contributed by atoms with Crippen molar-refractivity contribution in [3.8, 4) is 27.9 Å². The third-order valence-corrected chi connectivity index (χ3v) is 13.4. The van der Waals surface area contributed by atoms with E-state index in [9.17, 15) is 0 Å². The van der Waals surface area contributed by atoms with Crippen LogP contribution in [0, 0.1) is 0 Å². The molecule has 0 amide bonds. The molecule has 1 aliphatic rings. The van der Waals surface area contributed by atoms with Crippen molar-refractivity contribution in [3.05, 3.63) is 265 Å². The van der Waals surface area contributed by atoms with Crippen molar-refractivity contribution in [2.24, 2.45) is 0 Å². The lowest BCUT2D eigenvalue weighted by molar-refractivity contribution is 0.669. The van der Waals surface area contributed by atoms with E-state index in [0.29, 0.717) is 0 Å². The summed E-state index contributed by atoms with van der Waals surface area (Å²) in [5.41, 5.74) is 17.8. The van der Waals surface area contributed by atoms with Gasteiger partial charge in [0.05, 0.1) is 22.1 Å². The highest BCUT2D eigenvalue weighted by atomic mass is 16.3. The summed E-state index contributed by atoms with van der Waals surface area (Å²) < 4.78 is 9.18. The molecule has 0 unspecified atom stereocenters. The van der Waals surface area contributed by atoms with Crippen LogP contribution in [0.4, 0.5) is 17.1 Å². The number of hydrogen-bond acceptors (Lipinski definition) is 2. The van der Waals surface area contributed by atoms with Crippen LogP contribution in [0.2, 0.25) is 0 Å². The van der Waals surface area contributed by atoms with E-state index in [1.54, 1.807) is 0 Å². The van der Waals surface area contributed by atoms with Gasteiger partial charge in [-0.3, -0.25) is 0 Å². The van der Waals surface area contributed by atoms with Gasteiger partial charge >= 0.3 is 0 Å². The predicted octanol–water partition coefficient (Wildman–Crippen LogP) is 16.2. The van der Waals surface area contributed by atoms with Gasteiger partial charge in [-0.2, -0.15) is 0 Å². The van der Waals surface area contributed by atoms with E-state index < -0.39 is 5.41 Å². The highest BCUT2D eigenvalue weighted by molar-refractivity contribution is 6.28. The van der Waals surface area contributed by atoms with Crippen molar-refractivity contribution >= 4 is 60.8 Å². The lowest BCUT2D eigenvalue weighted by Gasteiger charge is -2.34. The van der Waals surface area contributed by atoms with E-state index in [1.165, 1.54) is 49.7 Å². The minimum atomic E-state index is -0.487. The molecule has 0 saturated heterocycles. The molecule has 0 aliphatic heterocycles. The molecule has 0 spiro atoms. The van der Waals surface area contributed by atoms with Gasteiger partial charge in [-0.1, -0.05) is 188 Å². The van der Waals surface area contributed by atoms with Gasteiger partial charge in [-0.15, -0.1) is 0 Å². The monoisotopic (exact) mass is 816 g/mol. The van der Waals surface area contributed by atoms with Gasteiger partial charge in [0.2, 0.25) is 0 Å². The minimum absolute atomic E-state index is 0.487. The van der Waals surface area contributed by atoms with E-state index in [1.807, 2.05) is 0 Å². The van der Waals surface area contributed by atoms with Gasteiger partial charge in [-0.05, 0) is 87.5 Å². The van der Waals surface area contributed by atoms with Gasteiger partial charge in [0.1, 0.15) is 11.2 Å². The Hall–Kier alpha value is -8.40. The zero-order chi connectivity index (χ0) is 42.2. The number of benzene rings is 10. The average molecular weight is 817 g/mol. The Bertz CT molecular complexity index is 3660. The molecule has 0 N–H and O–H groups in total. The molecular formula is C61H40N2O. The highest BCUT2D eigenvalue weighted by Crippen LogP contribution is 2.56. The molecule has 3 nitrogen and oxygen atoms in total. The topological polar surface area (TPSA) is 21.3 Å². The Morgan fingerprint density at radius 3 is 1.66 bits per heavy atom. The molecule has 3 heteroatoms. The largest absolute Gasteiger partial charge is 0.456 e. The smallest absolute Gasteiger partial charge is 0.138 e. The third-order valence-electron chi connectivity index (χ3n) is 13.4. The fourth-order valence-corrected chi connectivity index (χ4v) is 10.9. The number of para-hydroxylation sites is 4. The van der Waals surface area contributed by atoms with Crippen LogP contribution in [0.15, 0.2) is 247 Å². The van der Waals surface area contributed by atoms with E-state index in [0.717, 1.165) is 61.3 Å². The standard InChI is InChI=1S/C61H40N2O/c1-5-20-41(21-6-1)57-58-50-31-19-34-53(60(50)63(45-26-11-4-12-27-45)54(58)40-56-59(57)49-30-15-18-35-55(49)64-56)62(44-24-9-3-10-25-44)46-38-36-43(37-39-46)61(42-22-7-2-8-23-42)51-32-16-13-28-47(51)48-29-14-17-33-52(48)61/h1-40H. The summed E-state index contributed by atoms with van der Waals surface area (Å²) in [6.07, 6.45) is 0. The maximum atomic E-state index is 6.74. The SMILES string of the molecule is c1ccc(-c2c3c(cc4c2c2cccc(N(c5ccccc5)c5ccc(C6(c7ccccc7)c7ccccc7-c7ccccc76)cc5)c2n4-c2ccccc2)oc2ccccc23)cc1. The minimum Gasteiger partial charge on any atom is -0.456 e. The fraction of sp³-hybridized carbons (Fsp3) is 0.0164. The van der Waals surface area contributed by atoms with Crippen molar-refractivity contribution in [3.63, 3.8) is 0 Å². The van der Waals surface area contributed by atoms with Crippen LogP contribution < -0.4 is 4.90 Å². The lowest BCUT2D eigenvalue weighted by Crippen LogP contribution is -2.28. The molecular weight excluding hydrogens is 777 g/mol. The number of fused-ring (bicyclic) bond motifs is 9. The summed E-state index contributed by atoms with van der Waals surface area (Å²) >= 11 is 0. The van der Waals surface area contributed by atoms with E-state index >= 15 is 0 Å². The van der Waals surface area contributed by atoms with E-state index in [-0.39, 0.29) is 0 Å². The van der Waals surface area contributed by atoms with Crippen molar-refractivity contribution in [1.82, 2.24) is 4.57 Å². The number of anilines is 3. The summed E-state index contributed by atoms with van der Waals surface area (Å²) in [7, 11) is 0. The second kappa shape index (κ2) is 14.3. The summed E-state index contributed by atoms with van der Waals surface area (Å²) in [6, 6.07) is 88.1. The Morgan fingerprint density at radius 2 is 0.953 bits per heavy atom. The summed E-state index contributed by atoms with van der Waals surface area (Å²) in [5, 5.41) is 4.60. The van der Waals surface area contributed by atoms with Crippen LogP contribution in [0.25, 0.3) is 71.7 Å². The van der Waals surface area contributed by atoms with Crippen LogP contribution in [0.1, 0.15) is 22.3 Å². The second-order valence-corrected chi connectivity index (χ2v) is 16.8. The molecule has 0 saturated carbocycles. The molecule has 0 fully saturated rings. The van der Waals surface area contributed by atoms with Crippen molar-refractivity contribution < 1.29 is 4.42 Å². The first-order chi connectivity index (χ1) is 31.8. The molecule has 1 aliphatic carbocycles. The molecule has 2 heterocycles. The van der Waals surface area contributed by atoms with Crippen LogP contribution in [0.5, 0.6) is 0 Å². The molecule has 10 aromatic carbocycles. The summed E-state index contributed by atoms with van der Waals surface area (Å²) in [6.45, 7) is 0. The fourth-order valence-electron chi connectivity index (χ4n) is 10.9. The number of hydrogen-bond donors (Lipinski definition) is 0. The van der Waals surface area contributed by atoms with Gasteiger partial charge in [-0.25, -0.2) is 0 Å². The Balaban J connectivity index is 1.10. The number of rotatable bonds is 7. The number of aromatic nitrogens is 1. The van der Waals surface area contributed by atoms with Gasteiger partial charge < -0.3 is 13.9 Å².